The number of nitrogens with zero attached hydrogens (tertiary/aromatic N) is 2. The lowest BCUT2D eigenvalue weighted by Gasteiger charge is -2.38. The van der Waals surface area contributed by atoms with Gasteiger partial charge in [0.1, 0.15) is 11.6 Å². The number of halogens is 2. The minimum Gasteiger partial charge on any atom is -0.506 e. The summed E-state index contributed by atoms with van der Waals surface area (Å²) in [7, 11) is 0. The largest absolute Gasteiger partial charge is 0.506 e. The molecular formula is C19H21ClFN3O2. The molecule has 2 aromatic rings. The van der Waals surface area contributed by atoms with Crippen LogP contribution in [0.15, 0.2) is 42.5 Å². The third-order valence-corrected chi connectivity index (χ3v) is 4.97. The van der Waals surface area contributed by atoms with Crippen LogP contribution in [0.1, 0.15) is 6.92 Å². The van der Waals surface area contributed by atoms with Gasteiger partial charge in [-0.05, 0) is 37.3 Å². The molecule has 1 fully saturated rings. The summed E-state index contributed by atoms with van der Waals surface area (Å²) in [5.41, 5.74) is 1.21. The summed E-state index contributed by atoms with van der Waals surface area (Å²) in [6.45, 7) is 4.65. The molecule has 3 rings (SSSR count). The molecule has 0 radical (unpaired) electrons. The number of benzene rings is 2. The molecule has 0 saturated carbocycles. The number of piperazine rings is 1. The Kier molecular flexibility index (Phi) is 5.64. The second-order valence-electron chi connectivity index (χ2n) is 6.30. The molecule has 1 aliphatic heterocycles. The molecule has 5 nitrogen and oxygen atoms in total. The first-order valence-corrected chi connectivity index (χ1v) is 8.86. The number of anilines is 2. The zero-order valence-electron chi connectivity index (χ0n) is 14.5. The Bertz CT molecular complexity index is 794. The third-order valence-electron chi connectivity index (χ3n) is 4.65. The highest BCUT2D eigenvalue weighted by Gasteiger charge is 2.26. The molecule has 1 atom stereocenters. The quantitative estimate of drug-likeness (QED) is 0.858. The number of phenolic OH excluding ortho intramolecular Hbond substituents is 1. The van der Waals surface area contributed by atoms with Gasteiger partial charge in [-0.2, -0.15) is 0 Å². The normalized spacial score (nSPS) is 16.3. The molecule has 0 aliphatic carbocycles. The molecule has 1 aliphatic rings. The molecule has 0 spiro atoms. The van der Waals surface area contributed by atoms with Crippen LogP contribution < -0.4 is 10.2 Å². The van der Waals surface area contributed by atoms with Crippen LogP contribution in [0.3, 0.4) is 0 Å². The topological polar surface area (TPSA) is 55.8 Å². The molecule has 7 heteroatoms. The lowest BCUT2D eigenvalue weighted by Crippen LogP contribution is -2.52. The molecule has 138 valence electrons. The zero-order chi connectivity index (χ0) is 18.7. The average Bonchev–Trinajstić information content (AvgIpc) is 2.64. The molecular weight excluding hydrogens is 357 g/mol. The van der Waals surface area contributed by atoms with Gasteiger partial charge in [0.15, 0.2) is 0 Å². The number of carbonyl (C=O) groups excluding carboxylic acids is 1. The molecule has 0 aromatic heterocycles. The van der Waals surface area contributed by atoms with E-state index >= 15 is 0 Å². The maximum atomic E-state index is 13.1. The van der Waals surface area contributed by atoms with Gasteiger partial charge in [0.25, 0.3) is 0 Å². The van der Waals surface area contributed by atoms with E-state index in [0.717, 1.165) is 5.69 Å². The average molecular weight is 378 g/mol. The molecule has 2 N–H and O–H groups in total. The summed E-state index contributed by atoms with van der Waals surface area (Å²) in [6, 6.07) is 10.8. The molecule has 1 heterocycles. The van der Waals surface area contributed by atoms with E-state index < -0.39 is 5.82 Å². The smallest absolute Gasteiger partial charge is 0.241 e. The highest BCUT2D eigenvalue weighted by atomic mass is 35.5. The van der Waals surface area contributed by atoms with Crippen molar-refractivity contribution < 1.29 is 14.3 Å². The molecule has 26 heavy (non-hydrogen) atoms. The second-order valence-corrected chi connectivity index (χ2v) is 6.71. The SMILES string of the molecule is CC(C(=O)Nc1ccc(F)cc1Cl)N1CCN(c2ccccc2O)CC1. The van der Waals surface area contributed by atoms with Crippen LogP contribution in [-0.4, -0.2) is 48.1 Å². The van der Waals surface area contributed by atoms with Crippen LogP contribution in [0, 0.1) is 5.82 Å². The maximum Gasteiger partial charge on any atom is 0.241 e. The summed E-state index contributed by atoms with van der Waals surface area (Å²) in [6.07, 6.45) is 0. The predicted molar refractivity (Wildman–Crippen MR) is 101 cm³/mol. The number of aromatic hydroxyl groups is 1. The van der Waals surface area contributed by atoms with Crippen molar-refractivity contribution in [1.82, 2.24) is 4.90 Å². The monoisotopic (exact) mass is 377 g/mol. The first-order chi connectivity index (χ1) is 12.5. The molecule has 1 saturated heterocycles. The van der Waals surface area contributed by atoms with Crippen LogP contribution >= 0.6 is 11.6 Å². The fourth-order valence-corrected chi connectivity index (χ4v) is 3.29. The Morgan fingerprint density at radius 1 is 1.19 bits per heavy atom. The van der Waals surface area contributed by atoms with Gasteiger partial charge < -0.3 is 15.3 Å². The Morgan fingerprint density at radius 3 is 2.54 bits per heavy atom. The Labute approximate surface area is 157 Å². The maximum absolute atomic E-state index is 13.1. The van der Waals surface area contributed by atoms with Gasteiger partial charge >= 0.3 is 0 Å². The number of rotatable bonds is 4. The van der Waals surface area contributed by atoms with Gasteiger partial charge in [0, 0.05) is 26.2 Å². The molecule has 1 amide bonds. The third kappa shape index (κ3) is 4.08. The van der Waals surface area contributed by atoms with Gasteiger partial charge in [0.05, 0.1) is 22.4 Å². The number of hydrogen-bond acceptors (Lipinski definition) is 4. The van der Waals surface area contributed by atoms with Crippen molar-refractivity contribution in [3.63, 3.8) is 0 Å². The van der Waals surface area contributed by atoms with Gasteiger partial charge in [-0.25, -0.2) is 4.39 Å². The highest BCUT2D eigenvalue weighted by molar-refractivity contribution is 6.33. The lowest BCUT2D eigenvalue weighted by molar-refractivity contribution is -0.120. The fraction of sp³-hybridized carbons (Fsp3) is 0.316. The van der Waals surface area contributed by atoms with Gasteiger partial charge in [-0.15, -0.1) is 0 Å². The van der Waals surface area contributed by atoms with Crippen LogP contribution in [0.2, 0.25) is 5.02 Å². The van der Waals surface area contributed by atoms with E-state index in [2.05, 4.69) is 15.1 Å². The van der Waals surface area contributed by atoms with E-state index in [-0.39, 0.29) is 22.7 Å². The minimum absolute atomic E-state index is 0.176. The Hall–Kier alpha value is -2.31. The predicted octanol–water partition coefficient (Wildman–Crippen LogP) is 3.33. The summed E-state index contributed by atoms with van der Waals surface area (Å²) in [5, 5.41) is 12.9. The van der Waals surface area contributed by atoms with Gasteiger partial charge in [0.2, 0.25) is 5.91 Å². The summed E-state index contributed by atoms with van der Waals surface area (Å²) < 4.78 is 13.1. The van der Waals surface area contributed by atoms with Crippen molar-refractivity contribution in [3.05, 3.63) is 53.3 Å². The van der Waals surface area contributed by atoms with E-state index in [9.17, 15) is 14.3 Å². The van der Waals surface area contributed by atoms with E-state index in [1.165, 1.54) is 18.2 Å². The number of phenols is 1. The van der Waals surface area contributed by atoms with Crippen molar-refractivity contribution >= 4 is 28.9 Å². The van der Waals surface area contributed by atoms with Crippen molar-refractivity contribution in [3.8, 4) is 5.75 Å². The number of carbonyl (C=O) groups is 1. The summed E-state index contributed by atoms with van der Waals surface area (Å²) in [4.78, 5) is 16.7. The standard InChI is InChI=1S/C19H21ClFN3O2/c1-13(19(26)22-16-7-6-14(21)12-15(16)20)23-8-10-24(11-9-23)17-4-2-3-5-18(17)25/h2-7,12-13,25H,8-11H2,1H3,(H,22,26). The second kappa shape index (κ2) is 7.93. The van der Waals surface area contributed by atoms with Crippen LogP contribution in [0.4, 0.5) is 15.8 Å². The van der Waals surface area contributed by atoms with Crippen molar-refractivity contribution in [1.29, 1.82) is 0 Å². The van der Waals surface area contributed by atoms with Crippen LogP contribution in [0.5, 0.6) is 5.75 Å². The van der Waals surface area contributed by atoms with E-state index in [4.69, 9.17) is 11.6 Å². The van der Waals surface area contributed by atoms with Crippen molar-refractivity contribution in [2.24, 2.45) is 0 Å². The van der Waals surface area contributed by atoms with Crippen LogP contribution in [0.25, 0.3) is 0 Å². The number of amides is 1. The fourth-order valence-electron chi connectivity index (χ4n) is 3.08. The number of para-hydroxylation sites is 2. The van der Waals surface area contributed by atoms with Crippen molar-refractivity contribution in [2.75, 3.05) is 36.4 Å². The molecule has 0 bridgehead atoms. The Morgan fingerprint density at radius 2 is 1.88 bits per heavy atom. The van der Waals surface area contributed by atoms with E-state index in [1.807, 2.05) is 19.1 Å². The van der Waals surface area contributed by atoms with Gasteiger partial charge in [-0.1, -0.05) is 23.7 Å². The number of hydrogen-bond donors (Lipinski definition) is 2. The Balaban J connectivity index is 1.58. The van der Waals surface area contributed by atoms with E-state index in [1.54, 1.807) is 12.1 Å². The molecule has 1 unspecified atom stereocenters. The lowest BCUT2D eigenvalue weighted by atomic mass is 10.2. The highest BCUT2D eigenvalue weighted by Crippen LogP contribution is 2.28. The molecule has 2 aromatic carbocycles. The zero-order valence-corrected chi connectivity index (χ0v) is 15.2. The van der Waals surface area contributed by atoms with Crippen molar-refractivity contribution in [2.45, 2.75) is 13.0 Å². The first-order valence-electron chi connectivity index (χ1n) is 8.48. The van der Waals surface area contributed by atoms with Gasteiger partial charge in [-0.3, -0.25) is 9.69 Å². The summed E-state index contributed by atoms with van der Waals surface area (Å²) in [5.74, 6) is -0.367. The van der Waals surface area contributed by atoms with E-state index in [0.29, 0.717) is 31.9 Å². The summed E-state index contributed by atoms with van der Waals surface area (Å²) >= 11 is 5.97. The van der Waals surface area contributed by atoms with Crippen LogP contribution in [-0.2, 0) is 4.79 Å². The first kappa shape index (κ1) is 18.5. The minimum atomic E-state index is -0.443. The number of nitrogens with one attached hydrogen (secondary N) is 1.